The van der Waals surface area contributed by atoms with Crippen molar-refractivity contribution in [2.45, 2.75) is 38.8 Å². The fourth-order valence-corrected chi connectivity index (χ4v) is 3.83. The molecule has 0 radical (unpaired) electrons. The molecule has 1 fully saturated rings. The molecule has 1 aromatic carbocycles. The van der Waals surface area contributed by atoms with Crippen molar-refractivity contribution in [3.8, 4) is 0 Å². The Labute approximate surface area is 125 Å². The smallest absolute Gasteiger partial charge is 0.0402 e. The van der Waals surface area contributed by atoms with Crippen LogP contribution in [-0.4, -0.2) is 31.1 Å². The van der Waals surface area contributed by atoms with Crippen molar-refractivity contribution in [3.63, 3.8) is 0 Å². The molecule has 0 saturated carbocycles. The lowest BCUT2D eigenvalue weighted by Gasteiger charge is -2.44. The predicted octanol–water partition coefficient (Wildman–Crippen LogP) is 3.83. The highest BCUT2D eigenvalue weighted by atomic mass is 79.9. The maximum Gasteiger partial charge on any atom is 0.0402 e. The molecule has 19 heavy (non-hydrogen) atoms. The van der Waals surface area contributed by atoms with E-state index < -0.39 is 0 Å². The molecule has 106 valence electrons. The van der Waals surface area contributed by atoms with E-state index in [1.165, 1.54) is 29.4 Å². The Morgan fingerprint density at radius 3 is 2.74 bits per heavy atom. The molecule has 0 amide bonds. The fourth-order valence-electron chi connectivity index (χ4n) is 3.31. The van der Waals surface area contributed by atoms with Crippen LogP contribution in [0, 0.1) is 5.92 Å². The Morgan fingerprint density at radius 2 is 2.11 bits per heavy atom. The van der Waals surface area contributed by atoms with Gasteiger partial charge in [-0.15, -0.1) is 0 Å². The maximum atomic E-state index is 3.74. The topological polar surface area (TPSA) is 15.3 Å². The zero-order valence-electron chi connectivity index (χ0n) is 12.2. The molecule has 2 nitrogen and oxygen atoms in total. The first kappa shape index (κ1) is 15.0. The predicted molar refractivity (Wildman–Crippen MR) is 85.4 cm³/mol. The highest BCUT2D eigenvalue weighted by Gasteiger charge is 2.34. The van der Waals surface area contributed by atoms with Crippen LogP contribution >= 0.6 is 15.9 Å². The number of benzene rings is 1. The number of piperidine rings is 1. The van der Waals surface area contributed by atoms with Gasteiger partial charge in [-0.25, -0.2) is 0 Å². The molecular formula is C16H25BrN2. The summed E-state index contributed by atoms with van der Waals surface area (Å²) in [6, 6.07) is 9.82. The standard InChI is InChI=1S/C16H25BrN2/c1-12(2)19-10-6-7-13(11-18-3)16(19)14-8-4-5-9-15(14)17/h4-5,8-9,12-13,16,18H,6-7,10-11H2,1-3H3. The van der Waals surface area contributed by atoms with Crippen LogP contribution < -0.4 is 5.32 Å². The Morgan fingerprint density at radius 1 is 1.37 bits per heavy atom. The molecule has 1 aromatic rings. The summed E-state index contributed by atoms with van der Waals surface area (Å²) in [7, 11) is 2.06. The molecular weight excluding hydrogens is 300 g/mol. The minimum atomic E-state index is 0.525. The quantitative estimate of drug-likeness (QED) is 0.905. The lowest BCUT2D eigenvalue weighted by atomic mass is 9.83. The molecule has 0 aromatic heterocycles. The average molecular weight is 325 g/mol. The van der Waals surface area contributed by atoms with Gasteiger partial charge in [0, 0.05) is 16.6 Å². The van der Waals surface area contributed by atoms with Crippen LogP contribution in [0.2, 0.25) is 0 Å². The van der Waals surface area contributed by atoms with Crippen molar-refractivity contribution in [2.75, 3.05) is 20.1 Å². The summed E-state index contributed by atoms with van der Waals surface area (Å²) in [5.41, 5.74) is 1.44. The zero-order chi connectivity index (χ0) is 13.8. The first-order valence-corrected chi connectivity index (χ1v) is 8.09. The van der Waals surface area contributed by atoms with Gasteiger partial charge in [-0.1, -0.05) is 34.1 Å². The number of likely N-dealkylation sites (tertiary alicyclic amines) is 1. The van der Waals surface area contributed by atoms with Gasteiger partial charge in [0.2, 0.25) is 0 Å². The third kappa shape index (κ3) is 3.39. The van der Waals surface area contributed by atoms with Crippen LogP contribution in [-0.2, 0) is 0 Å². The number of rotatable bonds is 4. The van der Waals surface area contributed by atoms with E-state index in [2.05, 4.69) is 71.3 Å². The minimum absolute atomic E-state index is 0.525. The Hall–Kier alpha value is -0.380. The Kier molecular flexibility index (Phi) is 5.43. The number of hydrogen-bond acceptors (Lipinski definition) is 2. The summed E-state index contributed by atoms with van der Waals surface area (Å²) in [6.45, 7) is 6.93. The van der Waals surface area contributed by atoms with Crippen LogP contribution in [0.15, 0.2) is 28.7 Å². The van der Waals surface area contributed by atoms with E-state index in [9.17, 15) is 0 Å². The summed E-state index contributed by atoms with van der Waals surface area (Å²) >= 11 is 3.74. The molecule has 1 N–H and O–H groups in total. The van der Waals surface area contributed by atoms with Crippen LogP contribution in [0.5, 0.6) is 0 Å². The number of nitrogens with one attached hydrogen (secondary N) is 1. The summed E-state index contributed by atoms with van der Waals surface area (Å²) in [4.78, 5) is 2.66. The van der Waals surface area contributed by atoms with Gasteiger partial charge in [0.05, 0.1) is 0 Å². The Balaban J connectivity index is 2.34. The normalized spacial score (nSPS) is 24.9. The molecule has 2 rings (SSSR count). The molecule has 3 heteroatoms. The van der Waals surface area contributed by atoms with Crippen LogP contribution in [0.4, 0.5) is 0 Å². The average Bonchev–Trinajstić information content (AvgIpc) is 2.40. The van der Waals surface area contributed by atoms with Gasteiger partial charge in [-0.05, 0) is 64.4 Å². The fraction of sp³-hybridized carbons (Fsp3) is 0.625. The van der Waals surface area contributed by atoms with Crippen LogP contribution in [0.3, 0.4) is 0 Å². The summed E-state index contributed by atoms with van der Waals surface area (Å²) in [5.74, 6) is 0.694. The lowest BCUT2D eigenvalue weighted by molar-refractivity contribution is 0.0632. The van der Waals surface area contributed by atoms with Crippen molar-refractivity contribution in [1.29, 1.82) is 0 Å². The van der Waals surface area contributed by atoms with E-state index in [0.717, 1.165) is 6.54 Å². The molecule has 1 saturated heterocycles. The summed E-state index contributed by atoms with van der Waals surface area (Å²) in [5, 5.41) is 3.37. The highest BCUT2D eigenvalue weighted by molar-refractivity contribution is 9.10. The molecule has 0 spiro atoms. The van der Waals surface area contributed by atoms with E-state index >= 15 is 0 Å². The van der Waals surface area contributed by atoms with Gasteiger partial charge in [0.25, 0.3) is 0 Å². The molecule has 2 atom stereocenters. The molecule has 1 aliphatic rings. The number of nitrogens with zero attached hydrogens (tertiary/aromatic N) is 1. The summed E-state index contributed by atoms with van der Waals surface area (Å²) < 4.78 is 1.24. The number of hydrogen-bond donors (Lipinski definition) is 1. The summed E-state index contributed by atoms with van der Waals surface area (Å²) in [6.07, 6.45) is 2.63. The van der Waals surface area contributed by atoms with Crippen molar-refractivity contribution >= 4 is 15.9 Å². The van der Waals surface area contributed by atoms with Gasteiger partial charge in [-0.3, -0.25) is 4.90 Å². The van der Waals surface area contributed by atoms with Crippen molar-refractivity contribution < 1.29 is 0 Å². The van der Waals surface area contributed by atoms with E-state index in [0.29, 0.717) is 18.0 Å². The number of halogens is 1. The van der Waals surface area contributed by atoms with E-state index in [-0.39, 0.29) is 0 Å². The first-order valence-electron chi connectivity index (χ1n) is 7.30. The van der Waals surface area contributed by atoms with Gasteiger partial charge in [-0.2, -0.15) is 0 Å². The van der Waals surface area contributed by atoms with Gasteiger partial charge in [0.15, 0.2) is 0 Å². The monoisotopic (exact) mass is 324 g/mol. The van der Waals surface area contributed by atoms with Crippen molar-refractivity contribution in [2.24, 2.45) is 5.92 Å². The molecule has 0 aliphatic carbocycles. The first-order chi connectivity index (χ1) is 9.15. The minimum Gasteiger partial charge on any atom is -0.319 e. The largest absolute Gasteiger partial charge is 0.319 e. The second-order valence-corrected chi connectivity index (χ2v) is 6.61. The zero-order valence-corrected chi connectivity index (χ0v) is 13.8. The SMILES string of the molecule is CNCC1CCCN(C(C)C)C1c1ccccc1Br. The molecule has 0 bridgehead atoms. The van der Waals surface area contributed by atoms with E-state index in [1.54, 1.807) is 0 Å². The van der Waals surface area contributed by atoms with Crippen LogP contribution in [0.25, 0.3) is 0 Å². The van der Waals surface area contributed by atoms with Gasteiger partial charge in [0.1, 0.15) is 0 Å². The molecule has 2 unspecified atom stereocenters. The lowest BCUT2D eigenvalue weighted by Crippen LogP contribution is -2.45. The highest BCUT2D eigenvalue weighted by Crippen LogP contribution is 2.39. The second-order valence-electron chi connectivity index (χ2n) is 5.76. The Bertz CT molecular complexity index is 403. The van der Waals surface area contributed by atoms with Gasteiger partial charge < -0.3 is 5.32 Å². The van der Waals surface area contributed by atoms with E-state index in [4.69, 9.17) is 0 Å². The third-order valence-corrected chi connectivity index (χ3v) is 4.87. The molecule has 1 aliphatic heterocycles. The maximum absolute atomic E-state index is 3.74. The van der Waals surface area contributed by atoms with E-state index in [1.807, 2.05) is 0 Å². The second kappa shape index (κ2) is 6.87. The third-order valence-electron chi connectivity index (χ3n) is 4.15. The van der Waals surface area contributed by atoms with Crippen molar-refractivity contribution in [1.82, 2.24) is 10.2 Å². The molecule has 1 heterocycles. The van der Waals surface area contributed by atoms with Crippen LogP contribution in [0.1, 0.15) is 38.3 Å². The van der Waals surface area contributed by atoms with Gasteiger partial charge >= 0.3 is 0 Å². The van der Waals surface area contributed by atoms with Crippen molar-refractivity contribution in [3.05, 3.63) is 34.3 Å².